The highest BCUT2D eigenvalue weighted by Gasteiger charge is 2.19. The zero-order valence-corrected chi connectivity index (χ0v) is 25.1. The summed E-state index contributed by atoms with van der Waals surface area (Å²) in [7, 11) is 0. The summed E-state index contributed by atoms with van der Waals surface area (Å²) in [4.78, 5) is 46.7. The van der Waals surface area contributed by atoms with E-state index >= 15 is 0 Å². The van der Waals surface area contributed by atoms with Crippen molar-refractivity contribution < 1.29 is 19.8 Å². The van der Waals surface area contributed by atoms with Crippen molar-refractivity contribution in [1.82, 2.24) is 15.6 Å². The molecule has 6 N–H and O–H groups in total. The summed E-state index contributed by atoms with van der Waals surface area (Å²) in [5.41, 5.74) is 0.791. The van der Waals surface area contributed by atoms with E-state index < -0.39 is 29.0 Å². The number of hydrogen-bond donors (Lipinski definition) is 6. The van der Waals surface area contributed by atoms with Gasteiger partial charge >= 0.3 is 0 Å². The molecule has 0 fully saturated rings. The molecule has 1 atom stereocenters. The lowest BCUT2D eigenvalue weighted by molar-refractivity contribution is 0.0823. The Kier molecular flexibility index (Phi) is 10.2. The van der Waals surface area contributed by atoms with Gasteiger partial charge in [0.25, 0.3) is 17.4 Å². The third kappa shape index (κ3) is 8.19. The van der Waals surface area contributed by atoms with Crippen molar-refractivity contribution in [3.8, 4) is 0 Å². The number of amides is 2. The van der Waals surface area contributed by atoms with Crippen molar-refractivity contribution in [3.05, 3.63) is 109 Å². The first-order valence-electron chi connectivity index (χ1n) is 14.1. The second kappa shape index (κ2) is 13.8. The van der Waals surface area contributed by atoms with Crippen LogP contribution in [0.25, 0.3) is 6.08 Å². The van der Waals surface area contributed by atoms with Crippen molar-refractivity contribution >= 4 is 35.2 Å². The average Bonchev–Trinajstić information content (AvgIpc) is 3.14. The van der Waals surface area contributed by atoms with Crippen molar-refractivity contribution in [2.24, 2.45) is 4.99 Å². The smallest absolute Gasteiger partial charge is 0.262 e. The highest BCUT2D eigenvalue weighted by molar-refractivity contribution is 6.34. The van der Waals surface area contributed by atoms with Gasteiger partial charge in [-0.15, -0.1) is 0 Å². The van der Waals surface area contributed by atoms with Crippen LogP contribution in [0.15, 0.2) is 75.8 Å². The van der Waals surface area contributed by atoms with Crippen molar-refractivity contribution in [2.75, 3.05) is 18.5 Å². The van der Waals surface area contributed by atoms with Crippen LogP contribution in [0.3, 0.4) is 0 Å². The zero-order chi connectivity index (χ0) is 31.1. The Hall–Kier alpha value is -4.25. The van der Waals surface area contributed by atoms with Crippen LogP contribution in [0.1, 0.15) is 72.4 Å². The number of H-pyrrole nitrogens is 1. The van der Waals surface area contributed by atoms with Crippen molar-refractivity contribution in [2.45, 2.75) is 51.7 Å². The molecule has 226 valence electrons. The second-order valence-electron chi connectivity index (χ2n) is 10.9. The van der Waals surface area contributed by atoms with E-state index in [1.807, 2.05) is 43.3 Å². The molecule has 0 bridgehead atoms. The third-order valence-corrected chi connectivity index (χ3v) is 7.27. The van der Waals surface area contributed by atoms with E-state index in [-0.39, 0.29) is 35.0 Å². The highest BCUT2D eigenvalue weighted by atomic mass is 35.5. The minimum atomic E-state index is -0.960. The van der Waals surface area contributed by atoms with Crippen LogP contribution in [0.5, 0.6) is 0 Å². The van der Waals surface area contributed by atoms with Crippen molar-refractivity contribution in [3.63, 3.8) is 0 Å². The fraction of sp³-hybridized carbons (Fsp3) is 0.312. The van der Waals surface area contributed by atoms with Gasteiger partial charge in [-0.1, -0.05) is 54.9 Å². The maximum Gasteiger partial charge on any atom is 0.262 e. The van der Waals surface area contributed by atoms with Crippen molar-refractivity contribution in [1.29, 1.82) is 0 Å². The molecule has 10 nitrogen and oxygen atoms in total. The van der Waals surface area contributed by atoms with Gasteiger partial charge in [0.1, 0.15) is 16.9 Å². The number of aliphatic hydroxyl groups is 2. The number of benzene rings is 2. The molecule has 0 radical (unpaired) electrons. The molecule has 1 aromatic heterocycles. The van der Waals surface area contributed by atoms with Gasteiger partial charge in [-0.05, 0) is 68.5 Å². The van der Waals surface area contributed by atoms with E-state index in [9.17, 15) is 24.6 Å². The van der Waals surface area contributed by atoms with Gasteiger partial charge < -0.3 is 31.1 Å². The molecule has 1 unspecified atom stereocenters. The molecule has 43 heavy (non-hydrogen) atoms. The molecule has 0 saturated heterocycles. The SMILES string of the molecule is CCC1=C(NCC(C)(C)O)N=c2[nH]c(=O)c(C(=O)Nc3cc(C(=O)NC(CCO)c4ccccc4)ccc3Cl)cc2=CC1. The first-order valence-corrected chi connectivity index (χ1v) is 14.4. The summed E-state index contributed by atoms with van der Waals surface area (Å²) in [6, 6.07) is 14.8. The van der Waals surface area contributed by atoms with Gasteiger partial charge in [-0.3, -0.25) is 14.4 Å². The Labute approximate surface area is 254 Å². The molecule has 1 aliphatic heterocycles. The number of pyridine rings is 1. The third-order valence-electron chi connectivity index (χ3n) is 6.94. The number of anilines is 1. The maximum absolute atomic E-state index is 13.3. The van der Waals surface area contributed by atoms with Crippen LogP contribution in [-0.2, 0) is 0 Å². The molecule has 2 aromatic carbocycles. The molecular formula is C32H36ClN5O5. The second-order valence-corrected chi connectivity index (χ2v) is 11.3. The fourth-order valence-electron chi connectivity index (χ4n) is 4.58. The Bertz CT molecular complexity index is 1710. The van der Waals surface area contributed by atoms with E-state index in [0.717, 1.165) is 11.1 Å². The predicted molar refractivity (Wildman–Crippen MR) is 166 cm³/mol. The Morgan fingerprint density at radius 3 is 2.53 bits per heavy atom. The molecule has 4 rings (SSSR count). The number of carbonyl (C=O) groups is 2. The molecule has 0 aliphatic carbocycles. The summed E-state index contributed by atoms with van der Waals surface area (Å²) < 4.78 is 0. The number of aromatic nitrogens is 1. The standard InChI is InChI=1S/C32H36ClN5O5/c1-4-19-10-11-21-16-23(31(42)38-28(21)37-27(19)34-18-32(2,3)43)30(41)36-26-17-22(12-13-24(26)33)29(40)35-25(14-15-39)20-8-6-5-7-9-20/h5-9,11-13,16-17,25,34,39,43H,4,10,14-15,18H2,1-3H3,(H,35,40)(H,36,41)(H,37,38,42). The lowest BCUT2D eigenvalue weighted by Crippen LogP contribution is -2.39. The van der Waals surface area contributed by atoms with Crippen LogP contribution >= 0.6 is 11.6 Å². The Morgan fingerprint density at radius 1 is 1.12 bits per heavy atom. The number of rotatable bonds is 11. The molecule has 0 saturated carbocycles. The fourth-order valence-corrected chi connectivity index (χ4v) is 4.75. The topological polar surface area (TPSA) is 156 Å². The van der Waals surface area contributed by atoms with Crippen LogP contribution in [0, 0.1) is 0 Å². The van der Waals surface area contributed by atoms with E-state index in [2.05, 4.69) is 25.9 Å². The van der Waals surface area contributed by atoms with E-state index in [1.165, 1.54) is 24.3 Å². The first-order chi connectivity index (χ1) is 20.5. The lowest BCUT2D eigenvalue weighted by Gasteiger charge is -2.19. The van der Waals surface area contributed by atoms with E-state index in [0.29, 0.717) is 35.8 Å². The number of fused-ring (bicyclic) bond motifs is 1. The van der Waals surface area contributed by atoms with Gasteiger partial charge in [0.15, 0.2) is 0 Å². The van der Waals surface area contributed by atoms with Gasteiger partial charge in [-0.25, -0.2) is 4.99 Å². The highest BCUT2D eigenvalue weighted by Crippen LogP contribution is 2.25. The van der Waals surface area contributed by atoms with Gasteiger partial charge in [0.05, 0.1) is 22.4 Å². The number of aliphatic hydroxyl groups excluding tert-OH is 1. The summed E-state index contributed by atoms with van der Waals surface area (Å²) in [5, 5.41) is 29.1. The molecule has 0 spiro atoms. The normalized spacial score (nSPS) is 13.6. The molecule has 1 aliphatic rings. The quantitative estimate of drug-likeness (QED) is 0.197. The monoisotopic (exact) mass is 605 g/mol. The predicted octanol–water partition coefficient (Wildman–Crippen LogP) is 2.92. The number of carbonyl (C=O) groups excluding carboxylic acids is 2. The number of allylic oxidation sites excluding steroid dienone is 1. The summed E-state index contributed by atoms with van der Waals surface area (Å²) in [5.74, 6) is -0.544. The number of nitrogens with zero attached hydrogens (tertiary/aromatic N) is 1. The number of halogens is 1. The Balaban J connectivity index is 1.57. The summed E-state index contributed by atoms with van der Waals surface area (Å²) in [6.45, 7) is 5.51. The maximum atomic E-state index is 13.3. The largest absolute Gasteiger partial charge is 0.396 e. The Morgan fingerprint density at radius 2 is 1.86 bits per heavy atom. The minimum Gasteiger partial charge on any atom is -0.396 e. The molecule has 3 aromatic rings. The summed E-state index contributed by atoms with van der Waals surface area (Å²) >= 11 is 6.35. The zero-order valence-electron chi connectivity index (χ0n) is 24.3. The van der Waals surface area contributed by atoms with Crippen LogP contribution in [-0.4, -0.2) is 45.8 Å². The van der Waals surface area contributed by atoms with E-state index in [4.69, 9.17) is 11.6 Å². The minimum absolute atomic E-state index is 0.115. The number of aromatic amines is 1. The molecule has 2 heterocycles. The van der Waals surface area contributed by atoms with Gasteiger partial charge in [0.2, 0.25) is 0 Å². The molecule has 2 amide bonds. The van der Waals surface area contributed by atoms with E-state index in [1.54, 1.807) is 13.8 Å². The number of nitrogens with one attached hydrogen (secondary N) is 4. The summed E-state index contributed by atoms with van der Waals surface area (Å²) in [6.07, 6.45) is 3.45. The lowest BCUT2D eigenvalue weighted by atomic mass is 10.0. The van der Waals surface area contributed by atoms with Gasteiger partial charge in [0, 0.05) is 23.9 Å². The molecular weight excluding hydrogens is 570 g/mol. The first kappa shape index (κ1) is 31.7. The van der Waals surface area contributed by atoms with Crippen LogP contribution in [0.2, 0.25) is 5.02 Å². The van der Waals surface area contributed by atoms with Crippen LogP contribution in [0.4, 0.5) is 5.69 Å². The van der Waals surface area contributed by atoms with Crippen LogP contribution < -0.4 is 32.2 Å². The number of hydrogen-bond acceptors (Lipinski definition) is 7. The molecule has 11 heteroatoms. The average molecular weight is 606 g/mol. The van der Waals surface area contributed by atoms with Gasteiger partial charge in [-0.2, -0.15) is 0 Å².